The molecule has 0 bridgehead atoms. The number of thioether (sulfide) groups is 1. The number of hydrogen-bond donors (Lipinski definition) is 2. The second-order valence-electron chi connectivity index (χ2n) is 7.09. The third-order valence-electron chi connectivity index (χ3n) is 4.82. The first-order valence-corrected chi connectivity index (χ1v) is 12.2. The van der Waals surface area contributed by atoms with E-state index in [2.05, 4.69) is 10.3 Å². The van der Waals surface area contributed by atoms with Gasteiger partial charge < -0.3 is 10.1 Å². The summed E-state index contributed by atoms with van der Waals surface area (Å²) in [5.74, 6) is 0.265. The van der Waals surface area contributed by atoms with Crippen molar-refractivity contribution >= 4 is 44.5 Å². The van der Waals surface area contributed by atoms with Crippen molar-refractivity contribution in [2.24, 2.45) is 10.1 Å². The van der Waals surface area contributed by atoms with Crippen molar-refractivity contribution in [2.45, 2.75) is 23.0 Å². The summed E-state index contributed by atoms with van der Waals surface area (Å²) in [4.78, 5) is 31.0. The zero-order valence-electron chi connectivity index (χ0n) is 17.6. The Morgan fingerprint density at radius 1 is 1.22 bits per heavy atom. The fraction of sp³-hybridized carbons (Fsp3) is 0.286. The smallest absolute Gasteiger partial charge is 0.238 e. The number of carbonyl (C=O) groups excluding carboxylic acids is 2. The fourth-order valence-electron chi connectivity index (χ4n) is 2.95. The molecule has 0 unspecified atom stereocenters. The Bertz CT molecular complexity index is 1120. The molecule has 1 fully saturated rings. The Morgan fingerprint density at radius 3 is 2.47 bits per heavy atom. The zero-order valence-corrected chi connectivity index (χ0v) is 19.3. The largest absolute Gasteiger partial charge is 0.497 e. The van der Waals surface area contributed by atoms with E-state index in [4.69, 9.17) is 9.88 Å². The molecule has 1 saturated heterocycles. The Balaban J connectivity index is 1.59. The van der Waals surface area contributed by atoms with Gasteiger partial charge in [0.05, 0.1) is 22.9 Å². The molecule has 1 aliphatic rings. The van der Waals surface area contributed by atoms with Gasteiger partial charge in [0.25, 0.3) is 0 Å². The Kier molecular flexibility index (Phi) is 7.54. The minimum Gasteiger partial charge on any atom is -0.497 e. The number of hydrogen-bond acceptors (Lipinski definition) is 7. The first kappa shape index (κ1) is 23.8. The van der Waals surface area contributed by atoms with E-state index in [1.807, 2.05) is 0 Å². The first-order valence-electron chi connectivity index (χ1n) is 9.73. The summed E-state index contributed by atoms with van der Waals surface area (Å²) in [7, 11) is -0.523. The summed E-state index contributed by atoms with van der Waals surface area (Å²) in [6.07, 6.45) is 0.590. The molecule has 32 heavy (non-hydrogen) atoms. The van der Waals surface area contributed by atoms with Crippen molar-refractivity contribution in [3.05, 3.63) is 54.1 Å². The number of nitrogens with one attached hydrogen (secondary N) is 1. The number of methoxy groups -OCH3 is 1. The van der Waals surface area contributed by atoms with Gasteiger partial charge in [-0.05, 0) is 48.4 Å². The number of ether oxygens (including phenoxy) is 1. The van der Waals surface area contributed by atoms with Crippen LogP contribution in [0.15, 0.2) is 58.4 Å². The van der Waals surface area contributed by atoms with Gasteiger partial charge in [-0.1, -0.05) is 23.9 Å². The maximum atomic E-state index is 12.6. The molecule has 0 aliphatic carbocycles. The second-order valence-corrected chi connectivity index (χ2v) is 9.82. The van der Waals surface area contributed by atoms with Gasteiger partial charge in [0, 0.05) is 20.0 Å². The molecule has 0 radical (unpaired) electrons. The highest BCUT2D eigenvalue weighted by molar-refractivity contribution is 8.15. The Hall–Kier alpha value is -2.89. The zero-order chi connectivity index (χ0) is 23.3. The topological polar surface area (TPSA) is 131 Å². The minimum absolute atomic E-state index is 0.0372. The summed E-state index contributed by atoms with van der Waals surface area (Å²) >= 11 is 1.24. The monoisotopic (exact) mass is 476 g/mol. The lowest BCUT2D eigenvalue weighted by molar-refractivity contribution is -0.129. The van der Waals surface area contributed by atoms with Crippen LogP contribution in [0, 0.1) is 0 Å². The highest BCUT2D eigenvalue weighted by Crippen LogP contribution is 2.28. The molecule has 0 aromatic heterocycles. The average Bonchev–Trinajstić information content (AvgIpc) is 2.77. The maximum Gasteiger partial charge on any atom is 0.238 e. The van der Waals surface area contributed by atoms with Gasteiger partial charge >= 0.3 is 0 Å². The number of carbonyl (C=O) groups is 2. The summed E-state index contributed by atoms with van der Waals surface area (Å²) in [6, 6.07) is 13.3. The predicted octanol–water partition coefficient (Wildman–Crippen LogP) is 1.65. The van der Waals surface area contributed by atoms with E-state index in [1.54, 1.807) is 50.6 Å². The van der Waals surface area contributed by atoms with E-state index in [1.165, 1.54) is 28.8 Å². The van der Waals surface area contributed by atoms with Crippen LogP contribution in [0.5, 0.6) is 5.75 Å². The molecule has 2 aromatic carbocycles. The summed E-state index contributed by atoms with van der Waals surface area (Å²) < 4.78 is 27.8. The summed E-state index contributed by atoms with van der Waals surface area (Å²) in [5, 5.41) is 7.79. The molecule has 0 spiro atoms. The molecular formula is C21H24N4O5S2. The van der Waals surface area contributed by atoms with E-state index in [9.17, 15) is 18.0 Å². The number of nitrogens with zero attached hydrogens (tertiary/aromatic N) is 2. The lowest BCUT2D eigenvalue weighted by Gasteiger charge is -2.28. The van der Waals surface area contributed by atoms with E-state index in [-0.39, 0.29) is 23.1 Å². The fourth-order valence-corrected chi connectivity index (χ4v) is 4.56. The average molecular weight is 477 g/mol. The predicted molar refractivity (Wildman–Crippen MR) is 123 cm³/mol. The number of amidine groups is 1. The van der Waals surface area contributed by atoms with Crippen molar-refractivity contribution in [1.29, 1.82) is 0 Å². The van der Waals surface area contributed by atoms with Crippen molar-refractivity contribution in [3.8, 4) is 5.75 Å². The number of nitrogens with two attached hydrogens (primary N) is 1. The minimum atomic E-state index is -3.74. The van der Waals surface area contributed by atoms with Crippen LogP contribution >= 0.6 is 11.8 Å². The van der Waals surface area contributed by atoms with E-state index >= 15 is 0 Å². The Labute approximate surface area is 191 Å². The van der Waals surface area contributed by atoms with Gasteiger partial charge in [-0.15, -0.1) is 0 Å². The Morgan fingerprint density at radius 2 is 1.88 bits per heavy atom. The van der Waals surface area contributed by atoms with Crippen LogP contribution in [-0.2, 0) is 26.0 Å². The third kappa shape index (κ3) is 6.09. The van der Waals surface area contributed by atoms with Crippen LogP contribution in [0.1, 0.15) is 12.0 Å². The highest BCUT2D eigenvalue weighted by atomic mass is 32.2. The van der Waals surface area contributed by atoms with Gasteiger partial charge in [0.15, 0.2) is 5.17 Å². The van der Waals surface area contributed by atoms with Gasteiger partial charge in [-0.2, -0.15) is 0 Å². The van der Waals surface area contributed by atoms with Crippen molar-refractivity contribution in [1.82, 2.24) is 10.2 Å². The number of rotatable bonds is 7. The normalized spacial score (nSPS) is 18.0. The standard InChI is InChI=1S/C21H24N4O5S2/c1-25-19(26)13-18(31-21(25)24-15-5-7-16(30-2)8-6-15)20(27)23-12-11-14-3-9-17(10-4-14)32(22,28)29/h3-10,18H,11-13H2,1-2H3,(H,23,27)(H2,22,28,29)/t18-/m0/s1. The van der Waals surface area contributed by atoms with Gasteiger partial charge in [-0.25, -0.2) is 18.5 Å². The lowest BCUT2D eigenvalue weighted by Crippen LogP contribution is -2.45. The molecule has 2 aromatic rings. The third-order valence-corrected chi connectivity index (χ3v) is 6.99. The SMILES string of the molecule is COc1ccc(N=C2S[C@H](C(=O)NCCc3ccc(S(N)(=O)=O)cc3)CC(=O)N2C)cc1. The molecule has 9 nitrogen and oxygen atoms in total. The number of benzene rings is 2. The van der Waals surface area contributed by atoms with Crippen molar-refractivity contribution in [3.63, 3.8) is 0 Å². The molecule has 3 rings (SSSR count). The second kappa shape index (κ2) is 10.2. The molecule has 170 valence electrons. The van der Waals surface area contributed by atoms with Crippen LogP contribution in [0.4, 0.5) is 5.69 Å². The maximum absolute atomic E-state index is 12.6. The van der Waals surface area contributed by atoms with E-state index < -0.39 is 15.3 Å². The van der Waals surface area contributed by atoms with Gasteiger partial charge in [-0.3, -0.25) is 14.5 Å². The molecule has 1 atom stereocenters. The number of amides is 2. The molecule has 2 amide bonds. The van der Waals surface area contributed by atoms with Gasteiger partial charge in [0.1, 0.15) is 5.75 Å². The van der Waals surface area contributed by atoms with Gasteiger partial charge in [0.2, 0.25) is 21.8 Å². The summed E-state index contributed by atoms with van der Waals surface area (Å²) in [6.45, 7) is 0.347. The molecule has 3 N–H and O–H groups in total. The van der Waals surface area contributed by atoms with E-state index in [0.29, 0.717) is 29.6 Å². The molecule has 0 saturated carbocycles. The van der Waals surface area contributed by atoms with E-state index in [0.717, 1.165) is 5.56 Å². The van der Waals surface area contributed by atoms with Crippen LogP contribution in [0.25, 0.3) is 0 Å². The van der Waals surface area contributed by atoms with Crippen LogP contribution < -0.4 is 15.2 Å². The van der Waals surface area contributed by atoms with Crippen molar-refractivity contribution in [2.75, 3.05) is 20.7 Å². The molecule has 11 heteroatoms. The molecule has 1 aliphatic heterocycles. The van der Waals surface area contributed by atoms with Crippen LogP contribution in [0.2, 0.25) is 0 Å². The highest BCUT2D eigenvalue weighted by Gasteiger charge is 2.33. The lowest BCUT2D eigenvalue weighted by atomic mass is 10.1. The number of aliphatic imine (C=N–C) groups is 1. The first-order chi connectivity index (χ1) is 15.2. The number of sulfonamides is 1. The van der Waals surface area contributed by atoms with Crippen molar-refractivity contribution < 1.29 is 22.7 Å². The summed E-state index contributed by atoms with van der Waals surface area (Å²) in [5.41, 5.74) is 1.50. The molecular weight excluding hydrogens is 452 g/mol. The van der Waals surface area contributed by atoms with Crippen LogP contribution in [-0.4, -0.2) is 56.3 Å². The quantitative estimate of drug-likeness (QED) is 0.625. The molecule has 1 heterocycles. The number of primary sulfonamides is 1. The van der Waals surface area contributed by atoms with Crippen LogP contribution in [0.3, 0.4) is 0 Å².